The standard InChI is InChI=1S/C16H17N3O2S/c1-11-5-6-13(19(11)2)9-17-15(20)8-12-10-22-16(18-12)14-4-3-7-21-14/h3-7,10H,8-9H2,1-2H3,(H,17,20). The van der Waals surface area contributed by atoms with Gasteiger partial charge in [-0.2, -0.15) is 0 Å². The molecule has 0 unspecified atom stereocenters. The van der Waals surface area contributed by atoms with Gasteiger partial charge in [0, 0.05) is 23.8 Å². The van der Waals surface area contributed by atoms with Gasteiger partial charge in [-0.15, -0.1) is 11.3 Å². The smallest absolute Gasteiger partial charge is 0.226 e. The molecule has 6 heteroatoms. The van der Waals surface area contributed by atoms with Crippen LogP contribution < -0.4 is 5.32 Å². The number of aromatic nitrogens is 2. The summed E-state index contributed by atoms with van der Waals surface area (Å²) in [4.78, 5) is 16.4. The van der Waals surface area contributed by atoms with Crippen molar-refractivity contribution in [1.82, 2.24) is 14.9 Å². The average Bonchev–Trinajstić information content (AvgIpc) is 3.21. The van der Waals surface area contributed by atoms with Crippen molar-refractivity contribution < 1.29 is 9.21 Å². The van der Waals surface area contributed by atoms with Crippen LogP contribution in [0.1, 0.15) is 17.1 Å². The summed E-state index contributed by atoms with van der Waals surface area (Å²) >= 11 is 1.48. The normalized spacial score (nSPS) is 10.8. The van der Waals surface area contributed by atoms with E-state index in [1.54, 1.807) is 6.26 Å². The third-order valence-electron chi connectivity index (χ3n) is 3.57. The van der Waals surface area contributed by atoms with Crippen LogP contribution in [0.15, 0.2) is 40.3 Å². The van der Waals surface area contributed by atoms with Crippen LogP contribution in [-0.4, -0.2) is 15.5 Å². The van der Waals surface area contributed by atoms with E-state index in [0.717, 1.165) is 22.2 Å². The first-order valence-corrected chi connectivity index (χ1v) is 7.87. The van der Waals surface area contributed by atoms with Crippen molar-refractivity contribution in [1.29, 1.82) is 0 Å². The lowest BCUT2D eigenvalue weighted by Crippen LogP contribution is -2.25. The van der Waals surface area contributed by atoms with Crippen LogP contribution in [0.4, 0.5) is 0 Å². The third kappa shape index (κ3) is 3.12. The van der Waals surface area contributed by atoms with Gasteiger partial charge in [0.25, 0.3) is 0 Å². The van der Waals surface area contributed by atoms with Crippen LogP contribution in [0.3, 0.4) is 0 Å². The topological polar surface area (TPSA) is 60.1 Å². The SMILES string of the molecule is Cc1ccc(CNC(=O)Cc2csc(-c3ccco3)n2)n1C. The number of nitrogens with one attached hydrogen (secondary N) is 1. The minimum atomic E-state index is -0.0323. The highest BCUT2D eigenvalue weighted by Crippen LogP contribution is 2.24. The van der Waals surface area contributed by atoms with Gasteiger partial charge in [0.15, 0.2) is 10.8 Å². The summed E-state index contributed by atoms with van der Waals surface area (Å²) < 4.78 is 7.37. The highest BCUT2D eigenvalue weighted by atomic mass is 32.1. The molecule has 0 saturated heterocycles. The molecule has 3 heterocycles. The predicted octanol–water partition coefficient (Wildman–Crippen LogP) is 2.91. The molecule has 114 valence electrons. The summed E-state index contributed by atoms with van der Waals surface area (Å²) in [7, 11) is 1.99. The molecule has 0 atom stereocenters. The zero-order chi connectivity index (χ0) is 15.5. The molecule has 3 rings (SSSR count). The van der Waals surface area contributed by atoms with Gasteiger partial charge in [0.2, 0.25) is 5.91 Å². The van der Waals surface area contributed by atoms with Crippen molar-refractivity contribution in [2.24, 2.45) is 7.05 Å². The first-order chi connectivity index (χ1) is 10.6. The molecule has 0 aliphatic rings. The number of nitrogens with zero attached hydrogens (tertiary/aromatic N) is 2. The Hall–Kier alpha value is -2.34. The van der Waals surface area contributed by atoms with Gasteiger partial charge in [-0.25, -0.2) is 4.98 Å². The molecule has 1 N–H and O–H groups in total. The Labute approximate surface area is 132 Å². The van der Waals surface area contributed by atoms with Crippen molar-refractivity contribution in [2.45, 2.75) is 19.9 Å². The van der Waals surface area contributed by atoms with Gasteiger partial charge in [0.1, 0.15) is 0 Å². The predicted molar refractivity (Wildman–Crippen MR) is 85.5 cm³/mol. The monoisotopic (exact) mass is 315 g/mol. The fraction of sp³-hybridized carbons (Fsp3) is 0.250. The molecular formula is C16H17N3O2S. The Kier molecular flexibility index (Phi) is 4.11. The molecule has 0 aliphatic heterocycles. The van der Waals surface area contributed by atoms with E-state index in [4.69, 9.17) is 4.42 Å². The van der Waals surface area contributed by atoms with Crippen molar-refractivity contribution in [3.8, 4) is 10.8 Å². The van der Waals surface area contributed by atoms with Gasteiger partial charge in [0.05, 0.1) is 24.9 Å². The second kappa shape index (κ2) is 6.19. The van der Waals surface area contributed by atoms with Gasteiger partial charge in [-0.05, 0) is 31.2 Å². The number of carbonyl (C=O) groups excluding carboxylic acids is 1. The molecule has 0 saturated carbocycles. The van der Waals surface area contributed by atoms with Crippen LogP contribution >= 0.6 is 11.3 Å². The quantitative estimate of drug-likeness (QED) is 0.787. The van der Waals surface area contributed by atoms with E-state index >= 15 is 0 Å². The summed E-state index contributed by atoms with van der Waals surface area (Å²) in [5.41, 5.74) is 3.02. The van der Waals surface area contributed by atoms with Crippen molar-refractivity contribution >= 4 is 17.2 Å². The minimum absolute atomic E-state index is 0.0323. The van der Waals surface area contributed by atoms with Gasteiger partial charge < -0.3 is 14.3 Å². The molecule has 0 aliphatic carbocycles. The number of hydrogen-bond acceptors (Lipinski definition) is 4. The van der Waals surface area contributed by atoms with E-state index in [9.17, 15) is 4.79 Å². The highest BCUT2D eigenvalue weighted by Gasteiger charge is 2.11. The first kappa shape index (κ1) is 14.6. The third-order valence-corrected chi connectivity index (χ3v) is 4.47. The molecule has 1 amide bonds. The van der Waals surface area contributed by atoms with E-state index in [2.05, 4.69) is 14.9 Å². The molecule has 0 radical (unpaired) electrons. The van der Waals surface area contributed by atoms with Crippen molar-refractivity contribution in [2.75, 3.05) is 0 Å². The van der Waals surface area contributed by atoms with Gasteiger partial charge >= 0.3 is 0 Å². The molecule has 0 bridgehead atoms. The Morgan fingerprint density at radius 3 is 2.95 bits per heavy atom. The maximum Gasteiger partial charge on any atom is 0.226 e. The second-order valence-corrected chi connectivity index (χ2v) is 5.96. The van der Waals surface area contributed by atoms with Gasteiger partial charge in [-0.1, -0.05) is 0 Å². The number of amides is 1. The number of rotatable bonds is 5. The van der Waals surface area contributed by atoms with Gasteiger partial charge in [-0.3, -0.25) is 4.79 Å². The van der Waals surface area contributed by atoms with E-state index in [0.29, 0.717) is 6.54 Å². The van der Waals surface area contributed by atoms with Crippen LogP contribution in [0, 0.1) is 6.92 Å². The Morgan fingerprint density at radius 2 is 2.27 bits per heavy atom. The van der Waals surface area contributed by atoms with Crippen molar-refractivity contribution in [3.05, 3.63) is 53.0 Å². The maximum atomic E-state index is 12.0. The fourth-order valence-electron chi connectivity index (χ4n) is 2.16. The summed E-state index contributed by atoms with van der Waals surface area (Å²) in [6, 6.07) is 7.75. The van der Waals surface area contributed by atoms with E-state index in [1.807, 2.05) is 43.6 Å². The molecule has 5 nitrogen and oxygen atoms in total. The molecule has 3 aromatic rings. The van der Waals surface area contributed by atoms with E-state index in [1.165, 1.54) is 17.0 Å². The average molecular weight is 315 g/mol. The van der Waals surface area contributed by atoms with Crippen LogP contribution in [0.5, 0.6) is 0 Å². The Balaban J connectivity index is 1.57. The Morgan fingerprint density at radius 1 is 1.41 bits per heavy atom. The molecule has 0 spiro atoms. The summed E-state index contributed by atoms with van der Waals surface area (Å²) in [6.07, 6.45) is 1.89. The molecule has 0 aromatic carbocycles. The van der Waals surface area contributed by atoms with E-state index < -0.39 is 0 Å². The lowest BCUT2D eigenvalue weighted by molar-refractivity contribution is -0.120. The molecule has 0 fully saturated rings. The lowest BCUT2D eigenvalue weighted by Gasteiger charge is -2.06. The zero-order valence-corrected chi connectivity index (χ0v) is 13.3. The molecule has 3 aromatic heterocycles. The number of hydrogen-bond donors (Lipinski definition) is 1. The lowest BCUT2D eigenvalue weighted by atomic mass is 10.3. The number of carbonyl (C=O) groups is 1. The fourth-order valence-corrected chi connectivity index (χ4v) is 2.95. The molecular weight excluding hydrogens is 298 g/mol. The van der Waals surface area contributed by atoms with Crippen molar-refractivity contribution in [3.63, 3.8) is 0 Å². The minimum Gasteiger partial charge on any atom is -0.462 e. The number of aryl methyl sites for hydroxylation is 1. The molecule has 22 heavy (non-hydrogen) atoms. The Bertz CT molecular complexity index is 771. The maximum absolute atomic E-state index is 12.0. The summed E-state index contributed by atoms with van der Waals surface area (Å²) in [5, 5.41) is 5.62. The zero-order valence-electron chi connectivity index (χ0n) is 12.5. The largest absolute Gasteiger partial charge is 0.462 e. The summed E-state index contributed by atoms with van der Waals surface area (Å²) in [6.45, 7) is 2.56. The van der Waals surface area contributed by atoms with Crippen LogP contribution in [0.25, 0.3) is 10.8 Å². The van der Waals surface area contributed by atoms with Crippen LogP contribution in [-0.2, 0) is 24.8 Å². The summed E-state index contributed by atoms with van der Waals surface area (Å²) in [5.74, 6) is 0.700. The number of furan rings is 1. The van der Waals surface area contributed by atoms with E-state index in [-0.39, 0.29) is 12.3 Å². The number of thiazole rings is 1. The van der Waals surface area contributed by atoms with Crippen LogP contribution in [0.2, 0.25) is 0 Å². The second-order valence-electron chi connectivity index (χ2n) is 5.10. The first-order valence-electron chi connectivity index (χ1n) is 6.99. The highest BCUT2D eigenvalue weighted by molar-refractivity contribution is 7.13.